The molecule has 0 aromatic heterocycles. The summed E-state index contributed by atoms with van der Waals surface area (Å²) in [5, 5.41) is 0. The average Bonchev–Trinajstić information content (AvgIpc) is 2.14. The first kappa shape index (κ1) is 9.26. The number of hydrogen-bond donors (Lipinski definition) is 0. The van der Waals surface area contributed by atoms with Crippen LogP contribution in [-0.2, 0) is 4.74 Å². The molecule has 2 aliphatic rings. The van der Waals surface area contributed by atoms with Crippen molar-refractivity contribution >= 4 is 0 Å². The normalized spacial score (nSPS) is 32.8. The zero-order valence-corrected chi connectivity index (χ0v) is 8.59. The smallest absolute Gasteiger partial charge is 0.0528 e. The fourth-order valence-electron chi connectivity index (χ4n) is 2.76. The summed E-state index contributed by atoms with van der Waals surface area (Å²) in [4.78, 5) is 0. The highest BCUT2D eigenvalue weighted by molar-refractivity contribution is 5.12. The molecule has 74 valence electrons. The van der Waals surface area contributed by atoms with Crippen molar-refractivity contribution in [2.75, 3.05) is 13.2 Å². The van der Waals surface area contributed by atoms with Crippen molar-refractivity contribution < 1.29 is 4.74 Å². The molecule has 0 heterocycles. The molecule has 0 aromatic rings. The van der Waals surface area contributed by atoms with Crippen molar-refractivity contribution in [2.24, 2.45) is 11.8 Å². The van der Waals surface area contributed by atoms with Crippen molar-refractivity contribution in [2.45, 2.75) is 39.0 Å². The van der Waals surface area contributed by atoms with Crippen LogP contribution >= 0.6 is 0 Å². The van der Waals surface area contributed by atoms with Crippen LogP contribution < -0.4 is 0 Å². The maximum atomic E-state index is 5.49. The summed E-state index contributed by atoms with van der Waals surface area (Å²) in [6.45, 7) is 3.90. The Hall–Kier alpha value is -0.300. The molecule has 0 spiro atoms. The van der Waals surface area contributed by atoms with Gasteiger partial charge in [0.25, 0.3) is 0 Å². The molecule has 1 fully saturated rings. The average molecular weight is 180 g/mol. The Bertz CT molecular complexity index is 195. The molecule has 0 radical (unpaired) electrons. The van der Waals surface area contributed by atoms with Gasteiger partial charge in [0.05, 0.1) is 6.61 Å². The van der Waals surface area contributed by atoms with Crippen molar-refractivity contribution in [3.05, 3.63) is 11.6 Å². The van der Waals surface area contributed by atoms with Gasteiger partial charge >= 0.3 is 0 Å². The maximum Gasteiger partial charge on any atom is 0.0528 e. The molecular weight excluding hydrogens is 160 g/mol. The first-order valence-corrected chi connectivity index (χ1v) is 5.65. The summed E-state index contributed by atoms with van der Waals surface area (Å²) in [5.41, 5.74) is 1.72. The Balaban J connectivity index is 1.91. The Kier molecular flexibility index (Phi) is 3.05. The summed E-state index contributed by atoms with van der Waals surface area (Å²) in [6.07, 6.45) is 9.51. The van der Waals surface area contributed by atoms with Gasteiger partial charge in [-0.05, 0) is 44.9 Å². The number of ether oxygens (including phenoxy) is 1. The van der Waals surface area contributed by atoms with E-state index in [0.29, 0.717) is 0 Å². The maximum absolute atomic E-state index is 5.49. The van der Waals surface area contributed by atoms with E-state index >= 15 is 0 Å². The second-order valence-corrected chi connectivity index (χ2v) is 4.44. The summed E-state index contributed by atoms with van der Waals surface area (Å²) in [6, 6.07) is 0. The molecule has 0 saturated heterocycles. The summed E-state index contributed by atoms with van der Waals surface area (Å²) >= 11 is 0. The van der Waals surface area contributed by atoms with Crippen molar-refractivity contribution in [3.63, 3.8) is 0 Å². The molecule has 2 bridgehead atoms. The standard InChI is InChI=1S/C12H20O/c1-2-13-9-12-7-10-4-3-5-11(6-10)8-12/h7,11-12H,2-6,8-9H2,1H3. The Morgan fingerprint density at radius 3 is 3.23 bits per heavy atom. The number of hydrogen-bond acceptors (Lipinski definition) is 1. The van der Waals surface area contributed by atoms with E-state index < -0.39 is 0 Å². The van der Waals surface area contributed by atoms with Crippen molar-refractivity contribution in [3.8, 4) is 0 Å². The predicted octanol–water partition coefficient (Wildman–Crippen LogP) is 3.16. The van der Waals surface area contributed by atoms with Crippen molar-refractivity contribution in [1.82, 2.24) is 0 Å². The van der Waals surface area contributed by atoms with Crippen LogP contribution in [0.4, 0.5) is 0 Å². The second kappa shape index (κ2) is 4.28. The SMILES string of the molecule is CCOCC1C=C2CCCC(C2)C1. The Labute approximate surface area is 81.2 Å². The van der Waals surface area contributed by atoms with Crippen LogP contribution in [0.2, 0.25) is 0 Å². The van der Waals surface area contributed by atoms with E-state index in [1.807, 2.05) is 0 Å². The van der Waals surface area contributed by atoms with E-state index in [-0.39, 0.29) is 0 Å². The third kappa shape index (κ3) is 2.34. The van der Waals surface area contributed by atoms with Gasteiger partial charge < -0.3 is 4.74 Å². The molecule has 0 aliphatic heterocycles. The lowest BCUT2D eigenvalue weighted by atomic mass is 9.75. The Morgan fingerprint density at radius 2 is 2.46 bits per heavy atom. The van der Waals surface area contributed by atoms with Crippen LogP contribution in [0.25, 0.3) is 0 Å². The van der Waals surface area contributed by atoms with Gasteiger partial charge in [-0.2, -0.15) is 0 Å². The topological polar surface area (TPSA) is 9.23 Å². The molecule has 0 aromatic carbocycles. The number of fused-ring (bicyclic) bond motifs is 2. The highest BCUT2D eigenvalue weighted by Gasteiger charge is 2.25. The molecule has 0 N–H and O–H groups in total. The van der Waals surface area contributed by atoms with Crippen molar-refractivity contribution in [1.29, 1.82) is 0 Å². The summed E-state index contributed by atoms with van der Waals surface area (Å²) in [5.74, 6) is 1.72. The minimum Gasteiger partial charge on any atom is -0.381 e. The van der Waals surface area contributed by atoms with Crippen LogP contribution in [0.3, 0.4) is 0 Å². The zero-order valence-electron chi connectivity index (χ0n) is 8.59. The highest BCUT2D eigenvalue weighted by atomic mass is 16.5. The second-order valence-electron chi connectivity index (χ2n) is 4.44. The first-order chi connectivity index (χ1) is 6.38. The van der Waals surface area contributed by atoms with Gasteiger partial charge in [0, 0.05) is 12.5 Å². The largest absolute Gasteiger partial charge is 0.381 e. The van der Waals surface area contributed by atoms with Gasteiger partial charge in [-0.3, -0.25) is 0 Å². The first-order valence-electron chi connectivity index (χ1n) is 5.65. The molecule has 2 rings (SSSR count). The lowest BCUT2D eigenvalue weighted by Gasteiger charge is -2.32. The van der Waals surface area contributed by atoms with E-state index in [0.717, 1.165) is 25.0 Å². The molecule has 1 heteroatoms. The molecule has 1 nitrogen and oxygen atoms in total. The third-order valence-electron chi connectivity index (χ3n) is 3.30. The quantitative estimate of drug-likeness (QED) is 0.606. The lowest BCUT2D eigenvalue weighted by molar-refractivity contribution is 0.109. The minimum absolute atomic E-state index is 0.731. The minimum atomic E-state index is 0.731. The fourth-order valence-corrected chi connectivity index (χ4v) is 2.76. The van der Waals surface area contributed by atoms with E-state index in [2.05, 4.69) is 13.0 Å². The van der Waals surface area contributed by atoms with E-state index in [1.54, 1.807) is 5.57 Å². The number of rotatable bonds is 3. The van der Waals surface area contributed by atoms with E-state index in [1.165, 1.54) is 32.1 Å². The zero-order chi connectivity index (χ0) is 9.10. The molecule has 0 amide bonds. The van der Waals surface area contributed by atoms with Crippen LogP contribution in [0.1, 0.15) is 39.0 Å². The Morgan fingerprint density at radius 1 is 1.54 bits per heavy atom. The van der Waals surface area contributed by atoms with Crippen LogP contribution in [-0.4, -0.2) is 13.2 Å². The van der Waals surface area contributed by atoms with Gasteiger partial charge in [0.1, 0.15) is 0 Å². The molecule has 13 heavy (non-hydrogen) atoms. The molecule has 2 atom stereocenters. The number of allylic oxidation sites excluding steroid dienone is 1. The highest BCUT2D eigenvalue weighted by Crippen LogP contribution is 2.38. The molecule has 2 unspecified atom stereocenters. The van der Waals surface area contributed by atoms with E-state index in [9.17, 15) is 0 Å². The van der Waals surface area contributed by atoms with Gasteiger partial charge in [0.2, 0.25) is 0 Å². The van der Waals surface area contributed by atoms with Gasteiger partial charge in [-0.25, -0.2) is 0 Å². The van der Waals surface area contributed by atoms with Gasteiger partial charge in [-0.15, -0.1) is 0 Å². The summed E-state index contributed by atoms with van der Waals surface area (Å²) in [7, 11) is 0. The van der Waals surface area contributed by atoms with Crippen LogP contribution in [0.5, 0.6) is 0 Å². The lowest BCUT2D eigenvalue weighted by Crippen LogP contribution is -2.21. The molecule has 2 aliphatic carbocycles. The molecular formula is C12H20O. The van der Waals surface area contributed by atoms with Gasteiger partial charge in [0.15, 0.2) is 0 Å². The monoisotopic (exact) mass is 180 g/mol. The van der Waals surface area contributed by atoms with Crippen LogP contribution in [0.15, 0.2) is 11.6 Å². The summed E-state index contributed by atoms with van der Waals surface area (Å²) < 4.78 is 5.49. The van der Waals surface area contributed by atoms with Gasteiger partial charge in [-0.1, -0.05) is 11.6 Å². The van der Waals surface area contributed by atoms with Crippen LogP contribution in [0, 0.1) is 11.8 Å². The van der Waals surface area contributed by atoms with E-state index in [4.69, 9.17) is 4.74 Å². The fraction of sp³-hybridized carbons (Fsp3) is 0.833. The molecule has 1 saturated carbocycles. The predicted molar refractivity (Wildman–Crippen MR) is 54.6 cm³/mol. The third-order valence-corrected chi connectivity index (χ3v) is 3.30.